The minimum Gasteiger partial charge on any atom is -0.497 e. The fourth-order valence-corrected chi connectivity index (χ4v) is 2.64. The second kappa shape index (κ2) is 6.23. The lowest BCUT2D eigenvalue weighted by Crippen LogP contribution is -2.14. The maximum atomic E-state index is 12.2. The number of nitrogens with one attached hydrogen (secondary N) is 1. The van der Waals surface area contributed by atoms with E-state index in [2.05, 4.69) is 21.2 Å². The van der Waals surface area contributed by atoms with Gasteiger partial charge in [0.25, 0.3) is 0 Å². The van der Waals surface area contributed by atoms with Crippen LogP contribution in [0, 0.1) is 0 Å². The highest BCUT2D eigenvalue weighted by Crippen LogP contribution is 2.27. The van der Waals surface area contributed by atoms with Gasteiger partial charge in [-0.15, -0.1) is 0 Å². The third-order valence-corrected chi connectivity index (χ3v) is 4.05. The molecular weight excluding hydrogens is 346 g/mol. The Hall–Kier alpha value is -2.27. The first-order valence-electron chi connectivity index (χ1n) is 6.76. The zero-order valence-corrected chi connectivity index (χ0v) is 13.5. The molecule has 0 radical (unpaired) electrons. The first kappa shape index (κ1) is 14.7. The van der Waals surface area contributed by atoms with Crippen LogP contribution in [0.15, 0.2) is 57.6 Å². The van der Waals surface area contributed by atoms with Crippen LogP contribution >= 0.6 is 15.9 Å². The lowest BCUT2D eigenvalue weighted by atomic mass is 10.1. The van der Waals surface area contributed by atoms with Gasteiger partial charge >= 0.3 is 0 Å². The van der Waals surface area contributed by atoms with Crippen molar-refractivity contribution in [2.45, 2.75) is 6.42 Å². The van der Waals surface area contributed by atoms with E-state index in [0.29, 0.717) is 0 Å². The number of amides is 1. The number of methoxy groups -OCH3 is 1. The Morgan fingerprint density at radius 1 is 1.27 bits per heavy atom. The minimum absolute atomic E-state index is 0.0996. The summed E-state index contributed by atoms with van der Waals surface area (Å²) in [6, 6.07) is 13.0. The summed E-state index contributed by atoms with van der Waals surface area (Å²) in [4.78, 5) is 12.2. The maximum Gasteiger partial charge on any atom is 0.228 e. The van der Waals surface area contributed by atoms with Crippen LogP contribution in [0.3, 0.4) is 0 Å². The largest absolute Gasteiger partial charge is 0.497 e. The Morgan fingerprint density at radius 3 is 2.86 bits per heavy atom. The molecule has 0 aliphatic heterocycles. The monoisotopic (exact) mass is 359 g/mol. The number of rotatable bonds is 4. The molecule has 2 aromatic carbocycles. The molecule has 1 heterocycles. The van der Waals surface area contributed by atoms with Crippen molar-refractivity contribution >= 4 is 38.5 Å². The molecule has 3 aromatic rings. The van der Waals surface area contributed by atoms with Gasteiger partial charge in [0.05, 0.1) is 25.5 Å². The highest BCUT2D eigenvalue weighted by Gasteiger charge is 2.12. The molecule has 1 N–H and O–H groups in total. The van der Waals surface area contributed by atoms with Crippen LogP contribution < -0.4 is 10.1 Å². The molecule has 0 aliphatic carbocycles. The lowest BCUT2D eigenvalue weighted by molar-refractivity contribution is -0.115. The number of carbonyl (C=O) groups excluding carboxylic acids is 1. The number of hydrogen-bond acceptors (Lipinski definition) is 3. The predicted molar refractivity (Wildman–Crippen MR) is 89.2 cm³/mol. The van der Waals surface area contributed by atoms with Crippen LogP contribution in [0.4, 0.5) is 5.69 Å². The molecule has 0 aliphatic rings. The number of carbonyl (C=O) groups is 1. The number of hydrogen-bond donors (Lipinski definition) is 1. The predicted octanol–water partition coefficient (Wildman–Crippen LogP) is 4.39. The topological polar surface area (TPSA) is 51.5 Å². The average molecular weight is 360 g/mol. The van der Waals surface area contributed by atoms with E-state index in [1.54, 1.807) is 13.4 Å². The Bertz CT molecular complexity index is 826. The van der Waals surface area contributed by atoms with Crippen molar-refractivity contribution < 1.29 is 13.9 Å². The van der Waals surface area contributed by atoms with Crippen LogP contribution in [0.25, 0.3) is 11.0 Å². The molecule has 5 heteroatoms. The van der Waals surface area contributed by atoms with Crippen LogP contribution in [-0.2, 0) is 11.2 Å². The van der Waals surface area contributed by atoms with E-state index in [9.17, 15) is 4.79 Å². The van der Waals surface area contributed by atoms with Crippen molar-refractivity contribution in [1.82, 2.24) is 0 Å². The smallest absolute Gasteiger partial charge is 0.228 e. The van der Waals surface area contributed by atoms with Crippen molar-refractivity contribution in [1.29, 1.82) is 0 Å². The molecule has 0 saturated carbocycles. The first-order valence-corrected chi connectivity index (χ1v) is 7.55. The second-order valence-corrected chi connectivity index (χ2v) is 5.68. The van der Waals surface area contributed by atoms with Crippen LogP contribution in [0.5, 0.6) is 5.75 Å². The van der Waals surface area contributed by atoms with Gasteiger partial charge in [-0.2, -0.15) is 0 Å². The second-order valence-electron chi connectivity index (χ2n) is 4.83. The van der Waals surface area contributed by atoms with Gasteiger partial charge in [0.2, 0.25) is 5.91 Å². The number of furan rings is 1. The molecular formula is C17H14BrNO3. The number of anilines is 1. The van der Waals surface area contributed by atoms with E-state index in [1.807, 2.05) is 42.5 Å². The standard InChI is InChI=1S/C17H14BrNO3/c1-21-12-6-7-16-13(9-12)11(10-22-16)8-17(20)19-15-5-3-2-4-14(15)18/h2-7,9-10H,8H2,1H3,(H,19,20). The van der Waals surface area contributed by atoms with Gasteiger partial charge in [-0.05, 0) is 46.3 Å². The van der Waals surface area contributed by atoms with Gasteiger partial charge in [-0.3, -0.25) is 4.79 Å². The molecule has 3 rings (SSSR count). The molecule has 0 atom stereocenters. The highest BCUT2D eigenvalue weighted by molar-refractivity contribution is 9.10. The minimum atomic E-state index is -0.0996. The van der Waals surface area contributed by atoms with Crippen molar-refractivity contribution in [3.63, 3.8) is 0 Å². The van der Waals surface area contributed by atoms with E-state index in [-0.39, 0.29) is 12.3 Å². The SMILES string of the molecule is COc1ccc2occ(CC(=O)Nc3ccccc3Br)c2c1. The Kier molecular flexibility index (Phi) is 4.15. The van der Waals surface area contributed by atoms with E-state index >= 15 is 0 Å². The zero-order chi connectivity index (χ0) is 15.5. The van der Waals surface area contributed by atoms with Crippen LogP contribution in [0.2, 0.25) is 0 Å². The van der Waals surface area contributed by atoms with Gasteiger partial charge in [0, 0.05) is 15.4 Å². The van der Waals surface area contributed by atoms with Crippen molar-refractivity contribution in [3.05, 3.63) is 58.8 Å². The van der Waals surface area contributed by atoms with Gasteiger partial charge in [0.15, 0.2) is 0 Å². The maximum absolute atomic E-state index is 12.2. The van der Waals surface area contributed by atoms with Crippen LogP contribution in [-0.4, -0.2) is 13.0 Å². The highest BCUT2D eigenvalue weighted by atomic mass is 79.9. The Labute approximate surface area is 136 Å². The fraction of sp³-hybridized carbons (Fsp3) is 0.118. The van der Waals surface area contributed by atoms with Gasteiger partial charge < -0.3 is 14.5 Å². The third-order valence-electron chi connectivity index (χ3n) is 3.36. The molecule has 0 saturated heterocycles. The van der Waals surface area contributed by atoms with Gasteiger partial charge in [0.1, 0.15) is 11.3 Å². The number of benzene rings is 2. The van der Waals surface area contributed by atoms with E-state index < -0.39 is 0 Å². The Balaban J connectivity index is 1.81. The summed E-state index contributed by atoms with van der Waals surface area (Å²) in [5.41, 5.74) is 2.32. The normalized spacial score (nSPS) is 10.6. The molecule has 1 aromatic heterocycles. The van der Waals surface area contributed by atoms with Crippen molar-refractivity contribution in [3.8, 4) is 5.75 Å². The summed E-state index contributed by atoms with van der Waals surface area (Å²) >= 11 is 3.41. The Morgan fingerprint density at radius 2 is 2.09 bits per heavy atom. The molecule has 0 fully saturated rings. The third kappa shape index (κ3) is 2.99. The summed E-state index contributed by atoms with van der Waals surface area (Å²) in [6.45, 7) is 0. The van der Waals surface area contributed by atoms with Crippen LogP contribution in [0.1, 0.15) is 5.56 Å². The quantitative estimate of drug-likeness (QED) is 0.751. The summed E-state index contributed by atoms with van der Waals surface area (Å²) in [5.74, 6) is 0.638. The molecule has 0 bridgehead atoms. The average Bonchev–Trinajstić information content (AvgIpc) is 2.91. The summed E-state index contributed by atoms with van der Waals surface area (Å²) in [5, 5.41) is 3.77. The number of para-hydroxylation sites is 1. The van der Waals surface area contributed by atoms with E-state index in [0.717, 1.165) is 32.4 Å². The summed E-state index contributed by atoms with van der Waals surface area (Å²) in [6.07, 6.45) is 1.85. The fourth-order valence-electron chi connectivity index (χ4n) is 2.25. The molecule has 22 heavy (non-hydrogen) atoms. The first-order chi connectivity index (χ1) is 10.7. The molecule has 0 spiro atoms. The van der Waals surface area contributed by atoms with Crippen molar-refractivity contribution in [2.24, 2.45) is 0 Å². The molecule has 1 amide bonds. The van der Waals surface area contributed by atoms with E-state index in [4.69, 9.17) is 9.15 Å². The van der Waals surface area contributed by atoms with Crippen molar-refractivity contribution in [2.75, 3.05) is 12.4 Å². The molecule has 4 nitrogen and oxygen atoms in total. The number of fused-ring (bicyclic) bond motifs is 1. The van der Waals surface area contributed by atoms with E-state index in [1.165, 1.54) is 0 Å². The number of ether oxygens (including phenoxy) is 1. The van der Waals surface area contributed by atoms with Gasteiger partial charge in [-0.1, -0.05) is 12.1 Å². The lowest BCUT2D eigenvalue weighted by Gasteiger charge is -2.06. The number of halogens is 1. The zero-order valence-electron chi connectivity index (χ0n) is 11.9. The molecule has 0 unspecified atom stereocenters. The van der Waals surface area contributed by atoms with Gasteiger partial charge in [-0.25, -0.2) is 0 Å². The molecule has 112 valence electrons. The summed E-state index contributed by atoms with van der Waals surface area (Å²) < 4.78 is 11.5. The summed E-state index contributed by atoms with van der Waals surface area (Å²) in [7, 11) is 1.61.